The van der Waals surface area contributed by atoms with E-state index in [2.05, 4.69) is 16.4 Å². The Morgan fingerprint density at radius 1 is 0.971 bits per heavy atom. The molecule has 2 aromatic carbocycles. The number of fused-ring (bicyclic) bond motifs is 2. The summed E-state index contributed by atoms with van der Waals surface area (Å²) >= 11 is 0. The van der Waals surface area contributed by atoms with Gasteiger partial charge in [0.2, 0.25) is 5.91 Å². The van der Waals surface area contributed by atoms with E-state index < -0.39 is 30.3 Å². The van der Waals surface area contributed by atoms with E-state index in [9.17, 15) is 19.5 Å². The fraction of sp³-hybridized carbons (Fsp3) is 0.214. The van der Waals surface area contributed by atoms with Gasteiger partial charge in [-0.15, -0.1) is 0 Å². The number of nitrogens with one attached hydrogen (secondary N) is 1. The number of benzene rings is 2. The quantitative estimate of drug-likeness (QED) is 0.619. The number of carboxylic acids is 1. The molecule has 7 nitrogen and oxygen atoms in total. The highest BCUT2D eigenvalue weighted by atomic mass is 16.4. The van der Waals surface area contributed by atoms with Gasteiger partial charge in [0.1, 0.15) is 5.78 Å². The molecular formula is C28H24N3O4-. The van der Waals surface area contributed by atoms with Crippen LogP contribution in [0.2, 0.25) is 0 Å². The zero-order valence-corrected chi connectivity index (χ0v) is 19.0. The second kappa shape index (κ2) is 9.54. The molecule has 176 valence electrons. The standard InChI is InChI=1S/C28H25N3O4/c32-24-16-20(18-7-2-1-3-8-18)15-22-27(24)28(19-9-6-14-29-17-19)31(25(33)12-13-26(34)35)23-11-5-4-10-21(23)30-22/h1-11,14-15,17,20,27-28,30H,12-13,16H2,(H,34,35)/p-1. The van der Waals surface area contributed by atoms with E-state index in [1.165, 1.54) is 0 Å². The predicted molar refractivity (Wildman–Crippen MR) is 129 cm³/mol. The lowest BCUT2D eigenvalue weighted by molar-refractivity contribution is -0.305. The lowest BCUT2D eigenvalue weighted by Gasteiger charge is -2.37. The van der Waals surface area contributed by atoms with Crippen LogP contribution in [-0.4, -0.2) is 22.6 Å². The number of aliphatic carboxylic acids is 1. The maximum Gasteiger partial charge on any atom is 0.228 e. The predicted octanol–water partition coefficient (Wildman–Crippen LogP) is 3.37. The molecule has 0 radical (unpaired) electrons. The minimum absolute atomic E-state index is 0.00298. The Morgan fingerprint density at radius 3 is 2.46 bits per heavy atom. The van der Waals surface area contributed by atoms with Crippen LogP contribution in [0.3, 0.4) is 0 Å². The van der Waals surface area contributed by atoms with E-state index in [0.717, 1.165) is 11.3 Å². The molecule has 1 N–H and O–H groups in total. The molecule has 1 aromatic heterocycles. The molecule has 1 aliphatic carbocycles. The third kappa shape index (κ3) is 4.45. The van der Waals surface area contributed by atoms with E-state index >= 15 is 0 Å². The highest BCUT2D eigenvalue weighted by Gasteiger charge is 2.44. The van der Waals surface area contributed by atoms with Crippen molar-refractivity contribution in [3.63, 3.8) is 0 Å². The highest BCUT2D eigenvalue weighted by molar-refractivity contribution is 6.01. The molecule has 3 unspecified atom stereocenters. The molecule has 3 aromatic rings. The third-order valence-corrected chi connectivity index (χ3v) is 6.59. The number of amides is 1. The van der Waals surface area contributed by atoms with Crippen molar-refractivity contribution < 1.29 is 19.5 Å². The zero-order valence-electron chi connectivity index (χ0n) is 19.0. The second-order valence-electron chi connectivity index (χ2n) is 8.80. The van der Waals surface area contributed by atoms with Crippen LogP contribution in [-0.2, 0) is 14.4 Å². The third-order valence-electron chi connectivity index (χ3n) is 6.59. The van der Waals surface area contributed by atoms with Crippen molar-refractivity contribution in [2.24, 2.45) is 5.92 Å². The van der Waals surface area contributed by atoms with Crippen LogP contribution < -0.4 is 15.3 Å². The number of rotatable bonds is 5. The van der Waals surface area contributed by atoms with Crippen LogP contribution in [0, 0.1) is 5.92 Å². The molecule has 7 heteroatoms. The van der Waals surface area contributed by atoms with Gasteiger partial charge in [0.15, 0.2) is 0 Å². The van der Waals surface area contributed by atoms with Crippen molar-refractivity contribution in [2.75, 3.05) is 10.2 Å². The maximum absolute atomic E-state index is 13.8. The van der Waals surface area contributed by atoms with E-state index in [1.54, 1.807) is 29.4 Å². The molecule has 1 amide bonds. The molecule has 0 saturated carbocycles. The number of carboxylic acid groups (broad SMARTS) is 1. The normalized spacial score (nSPS) is 21.1. The number of carbonyl (C=O) groups excluding carboxylic acids is 3. The smallest absolute Gasteiger partial charge is 0.228 e. The van der Waals surface area contributed by atoms with E-state index in [1.807, 2.05) is 54.6 Å². The monoisotopic (exact) mass is 466 g/mol. The number of ketones is 1. The number of Topliss-reactive ketones (excluding diaryl/α,β-unsaturated/α-hetero) is 1. The lowest BCUT2D eigenvalue weighted by Crippen LogP contribution is -2.43. The van der Waals surface area contributed by atoms with Crippen LogP contribution in [0.25, 0.3) is 0 Å². The Morgan fingerprint density at radius 2 is 1.71 bits per heavy atom. The summed E-state index contributed by atoms with van der Waals surface area (Å²) in [5, 5.41) is 14.6. The summed E-state index contributed by atoms with van der Waals surface area (Å²) in [5.41, 5.74) is 3.75. The van der Waals surface area contributed by atoms with Crippen LogP contribution >= 0.6 is 0 Å². The lowest BCUT2D eigenvalue weighted by atomic mass is 9.76. The average Bonchev–Trinajstić information content (AvgIpc) is 3.03. The van der Waals surface area contributed by atoms with Crippen LogP contribution in [0.4, 0.5) is 11.4 Å². The molecule has 0 fully saturated rings. The first kappa shape index (κ1) is 22.5. The second-order valence-corrected chi connectivity index (χ2v) is 8.80. The summed E-state index contributed by atoms with van der Waals surface area (Å²) in [6, 6.07) is 20.1. The van der Waals surface area contributed by atoms with Gasteiger partial charge >= 0.3 is 0 Å². The summed E-state index contributed by atoms with van der Waals surface area (Å²) < 4.78 is 0. The van der Waals surface area contributed by atoms with Gasteiger partial charge in [0, 0.05) is 42.8 Å². The minimum Gasteiger partial charge on any atom is -0.550 e. The number of pyridine rings is 1. The Balaban J connectivity index is 1.68. The minimum atomic E-state index is -1.29. The molecular weight excluding hydrogens is 442 g/mol. The molecule has 1 aliphatic heterocycles. The first-order valence-electron chi connectivity index (χ1n) is 11.6. The summed E-state index contributed by atoms with van der Waals surface area (Å²) in [7, 11) is 0. The molecule has 3 atom stereocenters. The number of carbonyl (C=O) groups is 3. The van der Waals surface area contributed by atoms with E-state index in [0.29, 0.717) is 23.4 Å². The summed E-state index contributed by atoms with van der Waals surface area (Å²) in [5.74, 6) is -2.43. The molecule has 0 saturated heterocycles. The van der Waals surface area contributed by atoms with E-state index in [-0.39, 0.29) is 18.1 Å². The van der Waals surface area contributed by atoms with E-state index in [4.69, 9.17) is 0 Å². The summed E-state index contributed by atoms with van der Waals surface area (Å²) in [6.07, 6.45) is 5.04. The number of para-hydroxylation sites is 2. The molecule has 35 heavy (non-hydrogen) atoms. The van der Waals surface area contributed by atoms with Crippen molar-refractivity contribution in [3.05, 3.63) is 102 Å². The van der Waals surface area contributed by atoms with Crippen LogP contribution in [0.15, 0.2) is 90.9 Å². The molecule has 2 heterocycles. The number of hydrogen-bond donors (Lipinski definition) is 1. The van der Waals surface area contributed by atoms with Crippen molar-refractivity contribution >= 4 is 29.0 Å². The Labute approximate surface area is 203 Å². The highest BCUT2D eigenvalue weighted by Crippen LogP contribution is 2.47. The maximum atomic E-state index is 13.8. The van der Waals surface area contributed by atoms with Gasteiger partial charge in [-0.25, -0.2) is 0 Å². The largest absolute Gasteiger partial charge is 0.550 e. The van der Waals surface area contributed by atoms with Gasteiger partial charge in [0.05, 0.1) is 23.3 Å². The van der Waals surface area contributed by atoms with Crippen molar-refractivity contribution in [3.8, 4) is 0 Å². The van der Waals surface area contributed by atoms with Gasteiger partial charge in [-0.1, -0.05) is 54.6 Å². The molecule has 0 bridgehead atoms. The van der Waals surface area contributed by atoms with Gasteiger partial charge in [-0.2, -0.15) is 0 Å². The molecule has 5 rings (SSSR count). The van der Waals surface area contributed by atoms with Crippen molar-refractivity contribution in [1.29, 1.82) is 0 Å². The number of hydrogen-bond acceptors (Lipinski definition) is 6. The summed E-state index contributed by atoms with van der Waals surface area (Å²) in [4.78, 5) is 44.3. The van der Waals surface area contributed by atoms with Crippen molar-refractivity contribution in [1.82, 2.24) is 4.98 Å². The van der Waals surface area contributed by atoms with Gasteiger partial charge in [0.25, 0.3) is 0 Å². The Bertz CT molecular complexity index is 1290. The SMILES string of the molecule is O=C([O-])CCC(=O)N1c2ccccc2NC2=CC(c3ccccc3)CC(=O)C2C1c1cccnc1. The fourth-order valence-electron chi connectivity index (χ4n) is 5.03. The number of anilines is 2. The molecule has 0 spiro atoms. The number of nitrogens with zero attached hydrogens (tertiary/aromatic N) is 2. The fourth-order valence-corrected chi connectivity index (χ4v) is 5.03. The van der Waals surface area contributed by atoms with Gasteiger partial charge in [-0.3, -0.25) is 14.6 Å². The Hall–Kier alpha value is -4.26. The number of allylic oxidation sites excluding steroid dienone is 1. The first-order valence-corrected chi connectivity index (χ1v) is 11.6. The van der Waals surface area contributed by atoms with Gasteiger partial charge in [-0.05, 0) is 35.7 Å². The number of aromatic nitrogens is 1. The van der Waals surface area contributed by atoms with Crippen LogP contribution in [0.5, 0.6) is 0 Å². The van der Waals surface area contributed by atoms with Gasteiger partial charge < -0.3 is 20.1 Å². The van der Waals surface area contributed by atoms with Crippen molar-refractivity contribution in [2.45, 2.75) is 31.2 Å². The molecule has 2 aliphatic rings. The first-order chi connectivity index (χ1) is 17.0. The topological polar surface area (TPSA) is 102 Å². The zero-order chi connectivity index (χ0) is 24.4. The van der Waals surface area contributed by atoms with Crippen LogP contribution in [0.1, 0.15) is 42.3 Å². The Kier molecular flexibility index (Phi) is 6.14. The average molecular weight is 467 g/mol. The summed E-state index contributed by atoms with van der Waals surface area (Å²) in [6.45, 7) is 0.